The summed E-state index contributed by atoms with van der Waals surface area (Å²) in [7, 11) is -2.73. The van der Waals surface area contributed by atoms with Gasteiger partial charge in [0, 0.05) is 30.1 Å². The molecule has 0 aliphatic heterocycles. The number of sulfonamides is 1. The number of nitrogens with zero attached hydrogens (tertiary/aromatic N) is 2. The van der Waals surface area contributed by atoms with Crippen LogP contribution >= 0.6 is 23.2 Å². The van der Waals surface area contributed by atoms with Crippen LogP contribution in [0.2, 0.25) is 10.0 Å². The Morgan fingerprint density at radius 2 is 1.50 bits per heavy atom. The molecule has 0 fully saturated rings. The molecule has 42 heavy (non-hydrogen) atoms. The van der Waals surface area contributed by atoms with E-state index in [2.05, 4.69) is 5.32 Å². The summed E-state index contributed by atoms with van der Waals surface area (Å²) in [4.78, 5) is 29.0. The van der Waals surface area contributed by atoms with Gasteiger partial charge in [-0.05, 0) is 66.1 Å². The first-order chi connectivity index (χ1) is 20.1. The van der Waals surface area contributed by atoms with Gasteiger partial charge in [-0.3, -0.25) is 13.9 Å². The predicted octanol–water partition coefficient (Wildman–Crippen LogP) is 5.88. The summed E-state index contributed by atoms with van der Waals surface area (Å²) in [5.41, 5.74) is 2.84. The first-order valence-corrected chi connectivity index (χ1v) is 15.4. The van der Waals surface area contributed by atoms with E-state index in [0.717, 1.165) is 21.0 Å². The highest BCUT2D eigenvalue weighted by Gasteiger charge is 2.34. The Bertz CT molecular complexity index is 1650. The molecule has 4 rings (SSSR count). The van der Waals surface area contributed by atoms with Gasteiger partial charge in [-0.1, -0.05) is 83.9 Å². The summed E-state index contributed by atoms with van der Waals surface area (Å²) in [6, 6.07) is 28.0. The van der Waals surface area contributed by atoms with Crippen molar-refractivity contribution >= 4 is 50.7 Å². The van der Waals surface area contributed by atoms with Gasteiger partial charge in [-0.2, -0.15) is 0 Å². The van der Waals surface area contributed by atoms with Crippen LogP contribution < -0.4 is 9.62 Å². The number of aryl methyl sites for hydroxylation is 1. The molecule has 0 spiro atoms. The van der Waals surface area contributed by atoms with E-state index in [1.54, 1.807) is 18.2 Å². The fourth-order valence-corrected chi connectivity index (χ4v) is 6.30. The van der Waals surface area contributed by atoms with Crippen molar-refractivity contribution in [1.29, 1.82) is 0 Å². The fraction of sp³-hybridized carbons (Fsp3) is 0.188. The zero-order valence-electron chi connectivity index (χ0n) is 23.2. The van der Waals surface area contributed by atoms with Gasteiger partial charge in [0.25, 0.3) is 10.0 Å². The first-order valence-electron chi connectivity index (χ1n) is 13.2. The maximum atomic E-state index is 14.3. The molecule has 0 radical (unpaired) electrons. The zero-order valence-corrected chi connectivity index (χ0v) is 25.5. The Labute approximate surface area is 256 Å². The van der Waals surface area contributed by atoms with Crippen LogP contribution in [0.4, 0.5) is 5.69 Å². The Hall–Kier alpha value is -3.85. The van der Waals surface area contributed by atoms with Crippen molar-refractivity contribution in [3.8, 4) is 0 Å². The largest absolute Gasteiger partial charge is 0.357 e. The van der Waals surface area contributed by atoms with Crippen molar-refractivity contribution in [1.82, 2.24) is 10.2 Å². The lowest BCUT2D eigenvalue weighted by atomic mass is 10.0. The Balaban J connectivity index is 1.80. The lowest BCUT2D eigenvalue weighted by Gasteiger charge is -2.34. The van der Waals surface area contributed by atoms with Crippen LogP contribution in [0.15, 0.2) is 108 Å². The van der Waals surface area contributed by atoms with Gasteiger partial charge in [-0.15, -0.1) is 0 Å². The number of nitrogens with one attached hydrogen (secondary N) is 1. The summed E-state index contributed by atoms with van der Waals surface area (Å²) in [5, 5.41) is 3.36. The highest BCUT2D eigenvalue weighted by atomic mass is 35.5. The van der Waals surface area contributed by atoms with Gasteiger partial charge in [-0.25, -0.2) is 8.42 Å². The summed E-state index contributed by atoms with van der Waals surface area (Å²) in [6.45, 7) is 1.45. The average Bonchev–Trinajstić information content (AvgIpc) is 2.98. The molecular weight excluding hydrogens is 593 g/mol. The standard InChI is InChI=1S/C32H31Cl2N3O4S/c1-23-9-6-7-12-25(23)21-36(30(32(39)35-2)19-24-10-4-3-5-11-24)31(38)22-37(28-14-8-13-27(34)20-28)42(40,41)29-17-15-26(33)16-18-29/h3-18,20,30H,19,21-22H2,1-2H3,(H,35,39). The van der Waals surface area contributed by atoms with Crippen LogP contribution in [0.1, 0.15) is 16.7 Å². The van der Waals surface area contributed by atoms with E-state index in [1.807, 2.05) is 61.5 Å². The molecule has 0 bridgehead atoms. The van der Waals surface area contributed by atoms with Gasteiger partial charge in [0.05, 0.1) is 10.6 Å². The third-order valence-corrected chi connectivity index (χ3v) is 9.17. The summed E-state index contributed by atoms with van der Waals surface area (Å²) < 4.78 is 28.9. The molecule has 0 aliphatic rings. The van der Waals surface area contributed by atoms with Gasteiger partial charge >= 0.3 is 0 Å². The molecule has 4 aromatic rings. The first kappa shape index (κ1) is 31.1. The highest BCUT2D eigenvalue weighted by Crippen LogP contribution is 2.28. The highest BCUT2D eigenvalue weighted by molar-refractivity contribution is 7.92. The van der Waals surface area contributed by atoms with Gasteiger partial charge in [0.1, 0.15) is 12.6 Å². The molecular formula is C32H31Cl2N3O4S. The minimum absolute atomic E-state index is 0.0442. The molecule has 0 aromatic heterocycles. The Morgan fingerprint density at radius 1 is 0.833 bits per heavy atom. The van der Waals surface area contributed by atoms with Crippen molar-refractivity contribution < 1.29 is 18.0 Å². The van der Waals surface area contributed by atoms with Crippen molar-refractivity contribution in [3.05, 3.63) is 130 Å². The second-order valence-corrected chi connectivity index (χ2v) is 12.4. The number of likely N-dealkylation sites (N-methyl/N-ethyl adjacent to an activating group) is 1. The van der Waals surface area contributed by atoms with E-state index in [4.69, 9.17) is 23.2 Å². The molecule has 0 heterocycles. The number of hydrogen-bond acceptors (Lipinski definition) is 4. The lowest BCUT2D eigenvalue weighted by molar-refractivity contribution is -0.139. The molecule has 218 valence electrons. The number of amides is 2. The number of hydrogen-bond donors (Lipinski definition) is 1. The number of halogens is 2. The summed E-state index contributed by atoms with van der Waals surface area (Å²) in [5.74, 6) is -0.920. The third-order valence-electron chi connectivity index (χ3n) is 6.90. The molecule has 2 amide bonds. The third kappa shape index (κ3) is 7.50. The molecule has 0 saturated heterocycles. The predicted molar refractivity (Wildman–Crippen MR) is 167 cm³/mol. The van der Waals surface area contributed by atoms with E-state index < -0.39 is 28.5 Å². The van der Waals surface area contributed by atoms with E-state index in [-0.39, 0.29) is 29.5 Å². The molecule has 0 saturated carbocycles. The van der Waals surface area contributed by atoms with Crippen molar-refractivity contribution in [2.24, 2.45) is 0 Å². The average molecular weight is 625 g/mol. The Morgan fingerprint density at radius 3 is 2.14 bits per heavy atom. The van der Waals surface area contributed by atoms with Gasteiger partial charge in [0.15, 0.2) is 0 Å². The molecule has 1 N–H and O–H groups in total. The lowest BCUT2D eigenvalue weighted by Crippen LogP contribution is -2.53. The molecule has 0 aliphatic carbocycles. The smallest absolute Gasteiger partial charge is 0.264 e. The van der Waals surface area contributed by atoms with E-state index >= 15 is 0 Å². The topological polar surface area (TPSA) is 86.8 Å². The monoisotopic (exact) mass is 623 g/mol. The molecule has 7 nitrogen and oxygen atoms in total. The summed E-state index contributed by atoms with van der Waals surface area (Å²) in [6.07, 6.45) is 0.235. The molecule has 4 aromatic carbocycles. The number of anilines is 1. The van der Waals surface area contributed by atoms with Crippen LogP contribution in [0.25, 0.3) is 0 Å². The maximum Gasteiger partial charge on any atom is 0.264 e. The van der Waals surface area contributed by atoms with Crippen molar-refractivity contribution in [2.45, 2.75) is 30.8 Å². The zero-order chi connectivity index (χ0) is 30.3. The van der Waals surface area contributed by atoms with Crippen LogP contribution in [0.3, 0.4) is 0 Å². The summed E-state index contributed by atoms with van der Waals surface area (Å²) >= 11 is 12.3. The minimum atomic E-state index is -4.24. The number of carbonyl (C=O) groups excluding carboxylic acids is 2. The quantitative estimate of drug-likeness (QED) is 0.226. The van der Waals surface area contributed by atoms with E-state index in [9.17, 15) is 18.0 Å². The second-order valence-electron chi connectivity index (χ2n) is 9.71. The van der Waals surface area contributed by atoms with Crippen molar-refractivity contribution in [3.63, 3.8) is 0 Å². The fourth-order valence-electron chi connectivity index (χ4n) is 4.59. The minimum Gasteiger partial charge on any atom is -0.357 e. The number of rotatable bonds is 11. The SMILES string of the molecule is CNC(=O)C(Cc1ccccc1)N(Cc1ccccc1C)C(=O)CN(c1cccc(Cl)c1)S(=O)(=O)c1ccc(Cl)cc1. The van der Waals surface area contributed by atoms with E-state index in [0.29, 0.717) is 10.0 Å². The maximum absolute atomic E-state index is 14.3. The Kier molecular flexibility index (Phi) is 10.3. The van der Waals surface area contributed by atoms with Crippen LogP contribution in [-0.2, 0) is 32.6 Å². The number of benzene rings is 4. The van der Waals surface area contributed by atoms with Gasteiger partial charge in [0.2, 0.25) is 11.8 Å². The molecule has 10 heteroatoms. The molecule has 1 unspecified atom stereocenters. The van der Waals surface area contributed by atoms with E-state index in [1.165, 1.54) is 42.3 Å². The normalized spacial score (nSPS) is 11.9. The van der Waals surface area contributed by atoms with Crippen molar-refractivity contribution in [2.75, 3.05) is 17.9 Å². The van der Waals surface area contributed by atoms with Crippen LogP contribution in [0.5, 0.6) is 0 Å². The van der Waals surface area contributed by atoms with Gasteiger partial charge < -0.3 is 10.2 Å². The molecule has 1 atom stereocenters. The van der Waals surface area contributed by atoms with Crippen LogP contribution in [0, 0.1) is 6.92 Å². The number of carbonyl (C=O) groups is 2. The second kappa shape index (κ2) is 13.9. The van der Waals surface area contributed by atoms with Crippen LogP contribution in [-0.4, -0.2) is 44.8 Å².